The highest BCUT2D eigenvalue weighted by atomic mass is 16.5. The molecule has 0 spiro atoms. The molecule has 0 bridgehead atoms. The van der Waals surface area contributed by atoms with Crippen LogP contribution in [0.5, 0.6) is 5.75 Å². The maximum absolute atomic E-state index is 12.0. The third-order valence-corrected chi connectivity index (χ3v) is 4.02. The van der Waals surface area contributed by atoms with Gasteiger partial charge in [-0.15, -0.1) is 0 Å². The van der Waals surface area contributed by atoms with E-state index in [2.05, 4.69) is 10.6 Å². The van der Waals surface area contributed by atoms with Gasteiger partial charge in [-0.1, -0.05) is 18.2 Å². The molecule has 0 aliphatic carbocycles. The number of carboxylic acids is 1. The number of carbonyl (C=O) groups is 2. The Bertz CT molecular complexity index is 552. The fraction of sp³-hybridized carbons (Fsp3) is 0.529. The Morgan fingerprint density at radius 1 is 1.33 bits per heavy atom. The second-order valence-corrected chi connectivity index (χ2v) is 6.28. The number of hydrogen-bond acceptors (Lipinski definition) is 5. The van der Waals surface area contributed by atoms with Crippen LogP contribution in [0.25, 0.3) is 0 Å². The van der Waals surface area contributed by atoms with Crippen LogP contribution >= 0.6 is 0 Å². The van der Waals surface area contributed by atoms with Gasteiger partial charge in [-0.3, -0.25) is 14.5 Å². The van der Waals surface area contributed by atoms with Gasteiger partial charge in [0.2, 0.25) is 5.91 Å². The third kappa shape index (κ3) is 6.17. The molecule has 3 N–H and O–H groups in total. The molecule has 7 nitrogen and oxygen atoms in total. The molecule has 1 amide bonds. The SMILES string of the molecule is CC1(NCC(=O)O)CCN(CC(=O)NCCOc2ccccc2)C1. The maximum atomic E-state index is 12.0. The van der Waals surface area contributed by atoms with Gasteiger partial charge in [0.15, 0.2) is 0 Å². The van der Waals surface area contributed by atoms with Gasteiger partial charge >= 0.3 is 5.97 Å². The van der Waals surface area contributed by atoms with Crippen molar-refractivity contribution in [2.75, 3.05) is 39.3 Å². The predicted octanol–water partition coefficient (Wildman–Crippen LogP) is 0.320. The number of carboxylic acid groups (broad SMARTS) is 1. The lowest BCUT2D eigenvalue weighted by Gasteiger charge is -2.25. The largest absolute Gasteiger partial charge is 0.492 e. The van der Waals surface area contributed by atoms with E-state index in [1.807, 2.05) is 42.2 Å². The number of hydrogen-bond donors (Lipinski definition) is 3. The minimum absolute atomic E-state index is 0.0471. The Balaban J connectivity index is 1.61. The van der Waals surface area contributed by atoms with E-state index in [0.717, 1.165) is 18.7 Å². The molecular formula is C17H25N3O4. The first kappa shape index (κ1) is 18.2. The molecular weight excluding hydrogens is 310 g/mol. The van der Waals surface area contributed by atoms with E-state index in [1.54, 1.807) is 0 Å². The van der Waals surface area contributed by atoms with Crippen molar-refractivity contribution in [3.8, 4) is 5.75 Å². The minimum Gasteiger partial charge on any atom is -0.492 e. The molecule has 1 aliphatic rings. The van der Waals surface area contributed by atoms with Crippen LogP contribution in [-0.4, -0.2) is 66.8 Å². The zero-order valence-corrected chi connectivity index (χ0v) is 14.0. The average molecular weight is 335 g/mol. The van der Waals surface area contributed by atoms with E-state index in [0.29, 0.717) is 26.2 Å². The summed E-state index contributed by atoms with van der Waals surface area (Å²) in [6, 6.07) is 9.46. The highest BCUT2D eigenvalue weighted by Gasteiger charge is 2.34. The number of amides is 1. The van der Waals surface area contributed by atoms with Crippen LogP contribution in [0.1, 0.15) is 13.3 Å². The van der Waals surface area contributed by atoms with Gasteiger partial charge < -0.3 is 20.5 Å². The van der Waals surface area contributed by atoms with Crippen molar-refractivity contribution in [1.29, 1.82) is 0 Å². The topological polar surface area (TPSA) is 90.9 Å². The molecule has 1 saturated heterocycles. The van der Waals surface area contributed by atoms with Crippen molar-refractivity contribution in [2.45, 2.75) is 18.9 Å². The van der Waals surface area contributed by atoms with Crippen LogP contribution < -0.4 is 15.4 Å². The van der Waals surface area contributed by atoms with E-state index >= 15 is 0 Å². The van der Waals surface area contributed by atoms with Crippen LogP contribution in [0.2, 0.25) is 0 Å². The highest BCUT2D eigenvalue weighted by Crippen LogP contribution is 2.20. The summed E-state index contributed by atoms with van der Waals surface area (Å²) in [5.41, 5.74) is -0.255. The number of carbonyl (C=O) groups excluding carboxylic acids is 1. The second kappa shape index (κ2) is 8.65. The summed E-state index contributed by atoms with van der Waals surface area (Å²) in [7, 11) is 0. The van der Waals surface area contributed by atoms with E-state index in [9.17, 15) is 9.59 Å². The molecule has 1 unspecified atom stereocenters. The summed E-state index contributed by atoms with van der Waals surface area (Å²) >= 11 is 0. The Morgan fingerprint density at radius 2 is 2.08 bits per heavy atom. The molecule has 1 aliphatic heterocycles. The molecule has 1 aromatic rings. The van der Waals surface area contributed by atoms with Crippen molar-refractivity contribution in [3.05, 3.63) is 30.3 Å². The highest BCUT2D eigenvalue weighted by molar-refractivity contribution is 5.78. The van der Waals surface area contributed by atoms with Crippen LogP contribution in [0.3, 0.4) is 0 Å². The Hall–Kier alpha value is -2.12. The fourth-order valence-corrected chi connectivity index (χ4v) is 2.76. The second-order valence-electron chi connectivity index (χ2n) is 6.28. The lowest BCUT2D eigenvalue weighted by molar-refractivity contribution is -0.136. The van der Waals surface area contributed by atoms with Gasteiger partial charge in [0.05, 0.1) is 19.6 Å². The predicted molar refractivity (Wildman–Crippen MR) is 90.0 cm³/mol. The number of ether oxygens (including phenoxy) is 1. The van der Waals surface area contributed by atoms with Crippen molar-refractivity contribution >= 4 is 11.9 Å². The molecule has 1 aromatic carbocycles. The van der Waals surface area contributed by atoms with Crippen LogP contribution in [-0.2, 0) is 9.59 Å². The molecule has 1 heterocycles. The first-order valence-corrected chi connectivity index (χ1v) is 8.11. The number of benzene rings is 1. The van der Waals surface area contributed by atoms with Gasteiger partial charge in [0, 0.05) is 18.6 Å². The average Bonchev–Trinajstić information content (AvgIpc) is 2.92. The van der Waals surface area contributed by atoms with Crippen LogP contribution in [0, 0.1) is 0 Å². The number of rotatable bonds is 9. The van der Waals surface area contributed by atoms with Crippen molar-refractivity contribution < 1.29 is 19.4 Å². The van der Waals surface area contributed by atoms with Gasteiger partial charge in [0.25, 0.3) is 0 Å². The molecule has 132 valence electrons. The normalized spacial score (nSPS) is 20.7. The lowest BCUT2D eigenvalue weighted by Crippen LogP contribution is -2.48. The minimum atomic E-state index is -0.870. The zero-order chi connectivity index (χ0) is 17.4. The summed E-state index contributed by atoms with van der Waals surface area (Å²) < 4.78 is 5.52. The fourth-order valence-electron chi connectivity index (χ4n) is 2.76. The lowest BCUT2D eigenvalue weighted by atomic mass is 10.0. The molecule has 1 fully saturated rings. The first-order chi connectivity index (χ1) is 11.5. The van der Waals surface area contributed by atoms with Crippen LogP contribution in [0.15, 0.2) is 30.3 Å². The number of nitrogens with one attached hydrogen (secondary N) is 2. The van der Waals surface area contributed by atoms with Gasteiger partial charge in [-0.25, -0.2) is 0 Å². The first-order valence-electron chi connectivity index (χ1n) is 8.11. The summed E-state index contributed by atoms with van der Waals surface area (Å²) in [5.74, 6) is -0.133. The molecule has 24 heavy (non-hydrogen) atoms. The Kier molecular flexibility index (Phi) is 6.57. The standard InChI is InChI=1S/C17H25N3O4/c1-17(19-11-16(22)23)7-9-20(13-17)12-15(21)18-8-10-24-14-5-3-2-4-6-14/h2-6,19H,7-13H2,1H3,(H,18,21)(H,22,23). The van der Waals surface area contributed by atoms with Crippen molar-refractivity contribution in [3.63, 3.8) is 0 Å². The monoisotopic (exact) mass is 335 g/mol. The number of nitrogens with zero attached hydrogens (tertiary/aromatic N) is 1. The smallest absolute Gasteiger partial charge is 0.317 e. The van der Waals surface area contributed by atoms with Gasteiger partial charge in [0.1, 0.15) is 12.4 Å². The van der Waals surface area contributed by atoms with E-state index in [4.69, 9.17) is 9.84 Å². The third-order valence-electron chi connectivity index (χ3n) is 4.02. The Morgan fingerprint density at radius 3 is 2.79 bits per heavy atom. The summed E-state index contributed by atoms with van der Waals surface area (Å²) in [6.45, 7) is 4.56. The molecule has 0 aromatic heterocycles. The summed E-state index contributed by atoms with van der Waals surface area (Å²) in [5, 5.41) is 14.6. The summed E-state index contributed by atoms with van der Waals surface area (Å²) in [6.07, 6.45) is 0.824. The van der Waals surface area contributed by atoms with Gasteiger partial charge in [-0.2, -0.15) is 0 Å². The molecule has 0 radical (unpaired) electrons. The molecule has 2 rings (SSSR count). The van der Waals surface area contributed by atoms with Crippen molar-refractivity contribution in [1.82, 2.24) is 15.5 Å². The van der Waals surface area contributed by atoms with Crippen LogP contribution in [0.4, 0.5) is 0 Å². The summed E-state index contributed by atoms with van der Waals surface area (Å²) in [4.78, 5) is 24.6. The number of para-hydroxylation sites is 1. The van der Waals surface area contributed by atoms with Crippen molar-refractivity contribution in [2.24, 2.45) is 0 Å². The number of aliphatic carboxylic acids is 1. The van der Waals surface area contributed by atoms with Gasteiger partial charge in [-0.05, 0) is 25.5 Å². The molecule has 1 atom stereocenters. The quantitative estimate of drug-likeness (QED) is 0.563. The molecule has 7 heteroatoms. The Labute approximate surface area is 142 Å². The number of likely N-dealkylation sites (tertiary alicyclic amines) is 1. The zero-order valence-electron chi connectivity index (χ0n) is 14.0. The maximum Gasteiger partial charge on any atom is 0.317 e. The molecule has 0 saturated carbocycles. The van der Waals surface area contributed by atoms with E-state index in [1.165, 1.54) is 0 Å². The van der Waals surface area contributed by atoms with E-state index in [-0.39, 0.29) is 18.0 Å². The van der Waals surface area contributed by atoms with E-state index < -0.39 is 5.97 Å².